The van der Waals surface area contributed by atoms with Crippen LogP contribution in [0.3, 0.4) is 0 Å². The van der Waals surface area contributed by atoms with Crippen LogP contribution in [0, 0.1) is 0 Å². The van der Waals surface area contributed by atoms with E-state index in [1.807, 2.05) is 19.1 Å². The molecule has 0 amide bonds. The molecule has 6 heteroatoms. The lowest BCUT2D eigenvalue weighted by molar-refractivity contribution is -0.161. The Morgan fingerprint density at radius 2 is 2.00 bits per heavy atom. The van der Waals surface area contributed by atoms with Gasteiger partial charge in [0.2, 0.25) is 0 Å². The molecule has 150 valence electrons. The maximum Gasteiger partial charge on any atom is 0.313 e. The van der Waals surface area contributed by atoms with Gasteiger partial charge >= 0.3 is 5.97 Å². The summed E-state index contributed by atoms with van der Waals surface area (Å²) >= 11 is 1.45. The summed E-state index contributed by atoms with van der Waals surface area (Å²) in [5, 5.41) is 0. The van der Waals surface area contributed by atoms with Crippen LogP contribution in [0.15, 0.2) is 29.2 Å². The Balaban J connectivity index is 1.61. The summed E-state index contributed by atoms with van der Waals surface area (Å²) < 4.78 is 16.3. The first-order chi connectivity index (χ1) is 13.2. The molecular weight excluding hydrogens is 364 g/mol. The zero-order valence-corrected chi connectivity index (χ0v) is 16.9. The Labute approximate surface area is 166 Å². The fourth-order valence-corrected chi connectivity index (χ4v) is 3.42. The van der Waals surface area contributed by atoms with E-state index in [9.17, 15) is 9.59 Å². The van der Waals surface area contributed by atoms with Crippen LogP contribution < -0.4 is 0 Å². The third kappa shape index (κ3) is 9.40. The lowest BCUT2D eigenvalue weighted by atomic mass is 10.1. The highest BCUT2D eigenvalue weighted by Gasteiger charge is 2.14. The van der Waals surface area contributed by atoms with Crippen LogP contribution in [-0.2, 0) is 30.2 Å². The van der Waals surface area contributed by atoms with Crippen molar-refractivity contribution in [2.24, 2.45) is 0 Å². The number of rotatable bonds is 12. The van der Waals surface area contributed by atoms with Gasteiger partial charge in [0.1, 0.15) is 6.42 Å². The van der Waals surface area contributed by atoms with E-state index in [-0.39, 0.29) is 24.2 Å². The fraction of sp³-hybridized carbons (Fsp3) is 0.619. The van der Waals surface area contributed by atoms with E-state index in [1.54, 1.807) is 0 Å². The fourth-order valence-electron chi connectivity index (χ4n) is 2.66. The summed E-state index contributed by atoms with van der Waals surface area (Å²) in [5.41, 5.74) is 1.20. The first-order valence-corrected chi connectivity index (χ1v) is 10.8. The van der Waals surface area contributed by atoms with Gasteiger partial charge in [-0.05, 0) is 49.8 Å². The highest BCUT2D eigenvalue weighted by Crippen LogP contribution is 2.20. The first-order valence-electron chi connectivity index (χ1n) is 9.79. The number of Topliss-reactive ketones (excluding diaryl/α,β-unsaturated/α-hetero) is 1. The number of esters is 1. The molecule has 2 rings (SSSR count). The second-order valence-electron chi connectivity index (χ2n) is 6.64. The normalized spacial score (nSPS) is 16.9. The zero-order chi connectivity index (χ0) is 19.3. The Hall–Kier alpha value is -1.37. The first kappa shape index (κ1) is 21.9. The number of carbonyl (C=O) groups excluding carboxylic acids is 2. The Morgan fingerprint density at radius 1 is 1.19 bits per heavy atom. The van der Waals surface area contributed by atoms with Crippen LogP contribution in [0.4, 0.5) is 0 Å². The van der Waals surface area contributed by atoms with Gasteiger partial charge in [0.25, 0.3) is 0 Å². The lowest BCUT2D eigenvalue weighted by Crippen LogP contribution is -2.23. The quantitative estimate of drug-likeness (QED) is 0.229. The Morgan fingerprint density at radius 3 is 2.70 bits per heavy atom. The molecule has 0 saturated carbocycles. The van der Waals surface area contributed by atoms with Gasteiger partial charge in [-0.1, -0.05) is 25.5 Å². The minimum atomic E-state index is -0.425. The summed E-state index contributed by atoms with van der Waals surface area (Å²) in [6, 6.07) is 8.11. The summed E-state index contributed by atoms with van der Waals surface area (Å²) in [6.07, 6.45) is 5.73. The van der Waals surface area contributed by atoms with Crippen molar-refractivity contribution in [3.05, 3.63) is 29.8 Å². The molecule has 5 nitrogen and oxygen atoms in total. The largest absolute Gasteiger partial charge is 0.465 e. The van der Waals surface area contributed by atoms with Crippen molar-refractivity contribution in [3.63, 3.8) is 0 Å². The molecule has 1 heterocycles. The molecule has 1 atom stereocenters. The number of ether oxygens (including phenoxy) is 3. The summed E-state index contributed by atoms with van der Waals surface area (Å²) in [6.45, 7) is 3.87. The van der Waals surface area contributed by atoms with E-state index in [4.69, 9.17) is 14.2 Å². The highest BCUT2D eigenvalue weighted by atomic mass is 32.2. The number of unbranched alkanes of at least 4 members (excludes halogenated alkanes) is 1. The molecule has 1 unspecified atom stereocenters. The summed E-state index contributed by atoms with van der Waals surface area (Å²) in [5.74, 6) is -0.248. The molecule has 0 aliphatic carbocycles. The third-order valence-electron chi connectivity index (χ3n) is 4.26. The smallest absolute Gasteiger partial charge is 0.313 e. The molecule has 1 fully saturated rings. The van der Waals surface area contributed by atoms with Crippen LogP contribution >= 0.6 is 11.8 Å². The van der Waals surface area contributed by atoms with Crippen LogP contribution in [0.5, 0.6) is 0 Å². The van der Waals surface area contributed by atoms with E-state index in [2.05, 4.69) is 12.1 Å². The van der Waals surface area contributed by atoms with Crippen molar-refractivity contribution in [3.8, 4) is 0 Å². The molecule has 1 aliphatic rings. The molecular formula is C21H30O5S. The number of thioether (sulfide) groups is 1. The van der Waals surface area contributed by atoms with Crippen LogP contribution in [0.2, 0.25) is 0 Å². The summed E-state index contributed by atoms with van der Waals surface area (Å²) in [7, 11) is 0. The maximum atomic E-state index is 11.9. The van der Waals surface area contributed by atoms with Crippen molar-refractivity contribution in [1.29, 1.82) is 0 Å². The van der Waals surface area contributed by atoms with Crippen molar-refractivity contribution >= 4 is 23.5 Å². The minimum Gasteiger partial charge on any atom is -0.465 e. The van der Waals surface area contributed by atoms with E-state index in [1.165, 1.54) is 23.7 Å². The van der Waals surface area contributed by atoms with Gasteiger partial charge in [-0.15, -0.1) is 11.8 Å². The van der Waals surface area contributed by atoms with Crippen LogP contribution in [0.1, 0.15) is 51.0 Å². The van der Waals surface area contributed by atoms with Gasteiger partial charge in [0.05, 0.1) is 19.0 Å². The van der Waals surface area contributed by atoms with Gasteiger partial charge in [0.15, 0.2) is 12.1 Å². The SMILES string of the molecule is CCCCOC(=O)CC(=O)CSc1ccc(CCOC2CCCCO2)cc1. The number of ketones is 1. The number of hydrogen-bond donors (Lipinski definition) is 0. The molecule has 27 heavy (non-hydrogen) atoms. The van der Waals surface area contributed by atoms with E-state index in [0.717, 1.165) is 43.6 Å². The van der Waals surface area contributed by atoms with Gasteiger partial charge in [-0.2, -0.15) is 0 Å². The average Bonchev–Trinajstić information content (AvgIpc) is 2.68. The predicted octanol–water partition coefficient (Wildman–Crippen LogP) is 4.17. The number of hydrogen-bond acceptors (Lipinski definition) is 6. The summed E-state index contributed by atoms with van der Waals surface area (Å²) in [4.78, 5) is 24.4. The van der Waals surface area contributed by atoms with Gasteiger partial charge in [-0.3, -0.25) is 9.59 Å². The van der Waals surface area contributed by atoms with Gasteiger partial charge in [-0.25, -0.2) is 0 Å². The molecule has 0 radical (unpaired) electrons. The van der Waals surface area contributed by atoms with Crippen LogP contribution in [0.25, 0.3) is 0 Å². The van der Waals surface area contributed by atoms with Crippen LogP contribution in [-0.4, -0.2) is 43.6 Å². The molecule has 0 bridgehead atoms. The molecule has 1 saturated heterocycles. The number of benzene rings is 1. The standard InChI is InChI=1S/C21H30O5S/c1-2-3-12-24-20(23)15-18(22)16-27-19-9-7-17(8-10-19)11-14-26-21-6-4-5-13-25-21/h7-10,21H,2-6,11-16H2,1H3. The van der Waals surface area contributed by atoms with Crippen molar-refractivity contribution in [2.75, 3.05) is 25.6 Å². The minimum absolute atomic E-state index is 0.0479. The lowest BCUT2D eigenvalue weighted by Gasteiger charge is -2.22. The second kappa shape index (κ2) is 12.9. The molecule has 1 aromatic rings. The maximum absolute atomic E-state index is 11.9. The predicted molar refractivity (Wildman–Crippen MR) is 106 cm³/mol. The van der Waals surface area contributed by atoms with E-state index < -0.39 is 5.97 Å². The molecule has 1 aromatic carbocycles. The van der Waals surface area contributed by atoms with Crippen molar-refractivity contribution in [1.82, 2.24) is 0 Å². The molecule has 0 aromatic heterocycles. The van der Waals surface area contributed by atoms with E-state index >= 15 is 0 Å². The Kier molecular flexibility index (Phi) is 10.5. The molecule has 0 spiro atoms. The van der Waals surface area contributed by atoms with Gasteiger partial charge < -0.3 is 14.2 Å². The zero-order valence-electron chi connectivity index (χ0n) is 16.1. The second-order valence-corrected chi connectivity index (χ2v) is 7.69. The molecule has 0 N–H and O–H groups in total. The molecule has 1 aliphatic heterocycles. The van der Waals surface area contributed by atoms with Crippen molar-refractivity contribution in [2.45, 2.75) is 63.1 Å². The third-order valence-corrected chi connectivity index (χ3v) is 5.33. The van der Waals surface area contributed by atoms with E-state index in [0.29, 0.717) is 13.2 Å². The Bertz CT molecular complexity index is 566. The van der Waals surface area contributed by atoms with Crippen molar-refractivity contribution < 1.29 is 23.8 Å². The highest BCUT2D eigenvalue weighted by molar-refractivity contribution is 8.00. The average molecular weight is 395 g/mol. The topological polar surface area (TPSA) is 61.8 Å². The van der Waals surface area contributed by atoms with Gasteiger partial charge in [0, 0.05) is 11.5 Å². The monoisotopic (exact) mass is 394 g/mol. The number of carbonyl (C=O) groups is 2.